The molecule has 1 N–H and O–H groups in total. The van der Waals surface area contributed by atoms with Crippen molar-refractivity contribution in [1.29, 1.82) is 0 Å². The zero-order chi connectivity index (χ0) is 12.5. The summed E-state index contributed by atoms with van der Waals surface area (Å²) in [5.41, 5.74) is 3.06. The van der Waals surface area contributed by atoms with Gasteiger partial charge in [-0.05, 0) is 63.3 Å². The molecule has 94 valence electrons. The second kappa shape index (κ2) is 4.69. The van der Waals surface area contributed by atoms with Gasteiger partial charge in [0.1, 0.15) is 5.75 Å². The number of hydrogen-bond acceptors (Lipinski definition) is 2. The van der Waals surface area contributed by atoms with E-state index in [2.05, 4.69) is 44.3 Å². The van der Waals surface area contributed by atoms with Crippen molar-refractivity contribution >= 4 is 0 Å². The Balaban J connectivity index is 2.25. The highest BCUT2D eigenvalue weighted by atomic mass is 16.5. The standard InChI is InChI=1S/C15H23NO/c1-15(2,3)16-14-7-5-6-11-10-12(17-4)8-9-13(11)14/h8-10,14,16H,5-7H2,1-4H3. The molecular formula is C15H23NO. The van der Waals surface area contributed by atoms with E-state index in [4.69, 9.17) is 4.74 Å². The van der Waals surface area contributed by atoms with Crippen molar-refractivity contribution in [2.45, 2.75) is 51.6 Å². The van der Waals surface area contributed by atoms with Crippen LogP contribution in [-0.2, 0) is 6.42 Å². The van der Waals surface area contributed by atoms with Crippen molar-refractivity contribution in [3.63, 3.8) is 0 Å². The Hall–Kier alpha value is -1.02. The van der Waals surface area contributed by atoms with Crippen molar-refractivity contribution in [2.24, 2.45) is 0 Å². The van der Waals surface area contributed by atoms with Gasteiger partial charge in [-0.25, -0.2) is 0 Å². The number of nitrogens with one attached hydrogen (secondary N) is 1. The van der Waals surface area contributed by atoms with E-state index in [1.165, 1.54) is 30.4 Å². The molecule has 0 heterocycles. The topological polar surface area (TPSA) is 21.3 Å². The second-order valence-electron chi connectivity index (χ2n) is 5.90. The Morgan fingerprint density at radius 3 is 2.71 bits per heavy atom. The monoisotopic (exact) mass is 233 g/mol. The molecule has 0 fully saturated rings. The van der Waals surface area contributed by atoms with Crippen molar-refractivity contribution in [3.8, 4) is 5.75 Å². The molecule has 0 saturated heterocycles. The van der Waals surface area contributed by atoms with Crippen molar-refractivity contribution in [2.75, 3.05) is 7.11 Å². The van der Waals surface area contributed by atoms with Crippen LogP contribution >= 0.6 is 0 Å². The summed E-state index contributed by atoms with van der Waals surface area (Å²) in [6.07, 6.45) is 3.67. The summed E-state index contributed by atoms with van der Waals surface area (Å²) in [5.74, 6) is 0.972. The molecule has 2 rings (SSSR count). The Kier molecular flexibility index (Phi) is 3.43. The van der Waals surface area contributed by atoms with E-state index in [9.17, 15) is 0 Å². The average molecular weight is 233 g/mol. The van der Waals surface area contributed by atoms with Gasteiger partial charge >= 0.3 is 0 Å². The van der Waals surface area contributed by atoms with Crippen LogP contribution in [-0.4, -0.2) is 12.6 Å². The zero-order valence-corrected chi connectivity index (χ0v) is 11.3. The van der Waals surface area contributed by atoms with Crippen LogP contribution in [0.1, 0.15) is 50.8 Å². The van der Waals surface area contributed by atoms with Crippen molar-refractivity contribution in [3.05, 3.63) is 29.3 Å². The first kappa shape index (κ1) is 12.4. The smallest absolute Gasteiger partial charge is 0.119 e. The quantitative estimate of drug-likeness (QED) is 0.844. The average Bonchev–Trinajstić information content (AvgIpc) is 2.26. The Bertz CT molecular complexity index is 392. The molecule has 0 saturated carbocycles. The molecule has 1 aromatic carbocycles. The van der Waals surface area contributed by atoms with Gasteiger partial charge in [-0.15, -0.1) is 0 Å². The first-order valence-corrected chi connectivity index (χ1v) is 6.44. The Labute approximate surface area is 104 Å². The third-order valence-corrected chi connectivity index (χ3v) is 3.27. The lowest BCUT2D eigenvalue weighted by Crippen LogP contribution is -2.40. The molecule has 1 aliphatic carbocycles. The van der Waals surface area contributed by atoms with Gasteiger partial charge in [0, 0.05) is 11.6 Å². The normalized spacial score (nSPS) is 19.9. The fourth-order valence-corrected chi connectivity index (χ4v) is 2.59. The molecule has 17 heavy (non-hydrogen) atoms. The summed E-state index contributed by atoms with van der Waals surface area (Å²) in [5, 5.41) is 3.71. The van der Waals surface area contributed by atoms with E-state index in [0.29, 0.717) is 6.04 Å². The van der Waals surface area contributed by atoms with E-state index >= 15 is 0 Å². The molecule has 1 atom stereocenters. The van der Waals surface area contributed by atoms with Crippen LogP contribution in [0.2, 0.25) is 0 Å². The molecule has 0 radical (unpaired) electrons. The number of rotatable bonds is 2. The van der Waals surface area contributed by atoms with Crippen LogP contribution in [0.4, 0.5) is 0 Å². The van der Waals surface area contributed by atoms with Gasteiger partial charge in [0.15, 0.2) is 0 Å². The predicted molar refractivity (Wildman–Crippen MR) is 71.6 cm³/mol. The molecule has 1 unspecified atom stereocenters. The van der Waals surface area contributed by atoms with E-state index in [0.717, 1.165) is 5.75 Å². The highest BCUT2D eigenvalue weighted by molar-refractivity contribution is 5.39. The number of hydrogen-bond donors (Lipinski definition) is 1. The molecule has 0 bridgehead atoms. The minimum atomic E-state index is 0.166. The van der Waals surface area contributed by atoms with Gasteiger partial charge in [0.05, 0.1) is 7.11 Å². The van der Waals surface area contributed by atoms with E-state index in [1.54, 1.807) is 7.11 Å². The number of ether oxygens (including phenoxy) is 1. The largest absolute Gasteiger partial charge is 0.497 e. The molecule has 0 amide bonds. The summed E-state index contributed by atoms with van der Waals surface area (Å²) >= 11 is 0. The minimum Gasteiger partial charge on any atom is -0.497 e. The Morgan fingerprint density at radius 1 is 1.29 bits per heavy atom. The number of aryl methyl sites for hydroxylation is 1. The van der Waals surface area contributed by atoms with E-state index < -0.39 is 0 Å². The lowest BCUT2D eigenvalue weighted by atomic mass is 9.86. The molecule has 0 spiro atoms. The van der Waals surface area contributed by atoms with Gasteiger partial charge in [0.25, 0.3) is 0 Å². The van der Waals surface area contributed by atoms with Gasteiger partial charge in [-0.2, -0.15) is 0 Å². The maximum atomic E-state index is 5.30. The van der Waals surface area contributed by atoms with Crippen LogP contribution in [0.25, 0.3) is 0 Å². The molecular weight excluding hydrogens is 210 g/mol. The SMILES string of the molecule is COc1ccc2c(c1)CCCC2NC(C)(C)C. The van der Waals surface area contributed by atoms with Crippen LogP contribution in [0, 0.1) is 0 Å². The number of benzene rings is 1. The predicted octanol–water partition coefficient (Wildman–Crippen LogP) is 3.46. The van der Waals surface area contributed by atoms with Crippen LogP contribution in [0.3, 0.4) is 0 Å². The van der Waals surface area contributed by atoms with Crippen LogP contribution in [0.15, 0.2) is 18.2 Å². The molecule has 0 aromatic heterocycles. The second-order valence-corrected chi connectivity index (χ2v) is 5.90. The van der Waals surface area contributed by atoms with Crippen molar-refractivity contribution in [1.82, 2.24) is 5.32 Å². The summed E-state index contributed by atoms with van der Waals surface area (Å²) in [7, 11) is 1.73. The van der Waals surface area contributed by atoms with Crippen molar-refractivity contribution < 1.29 is 4.74 Å². The van der Waals surface area contributed by atoms with Gasteiger partial charge in [0.2, 0.25) is 0 Å². The summed E-state index contributed by atoms with van der Waals surface area (Å²) in [4.78, 5) is 0. The maximum absolute atomic E-state index is 5.30. The van der Waals surface area contributed by atoms with Gasteiger partial charge in [-0.3, -0.25) is 0 Å². The Morgan fingerprint density at radius 2 is 2.06 bits per heavy atom. The first-order chi connectivity index (χ1) is 7.99. The molecule has 2 heteroatoms. The lowest BCUT2D eigenvalue weighted by molar-refractivity contribution is 0.335. The van der Waals surface area contributed by atoms with Crippen LogP contribution < -0.4 is 10.1 Å². The van der Waals surface area contributed by atoms with E-state index in [1.807, 2.05) is 0 Å². The minimum absolute atomic E-state index is 0.166. The fraction of sp³-hybridized carbons (Fsp3) is 0.600. The fourth-order valence-electron chi connectivity index (χ4n) is 2.59. The first-order valence-electron chi connectivity index (χ1n) is 6.44. The summed E-state index contributed by atoms with van der Waals surface area (Å²) in [6, 6.07) is 6.97. The van der Waals surface area contributed by atoms with Gasteiger partial charge < -0.3 is 10.1 Å². The summed E-state index contributed by atoms with van der Waals surface area (Å²) < 4.78 is 5.30. The third kappa shape index (κ3) is 3.01. The number of methoxy groups -OCH3 is 1. The zero-order valence-electron chi connectivity index (χ0n) is 11.3. The molecule has 2 nitrogen and oxygen atoms in total. The molecule has 1 aromatic rings. The molecule has 0 aliphatic heterocycles. The number of fused-ring (bicyclic) bond motifs is 1. The van der Waals surface area contributed by atoms with Crippen LogP contribution in [0.5, 0.6) is 5.75 Å². The third-order valence-electron chi connectivity index (χ3n) is 3.27. The summed E-state index contributed by atoms with van der Waals surface area (Å²) in [6.45, 7) is 6.68. The van der Waals surface area contributed by atoms with E-state index in [-0.39, 0.29) is 5.54 Å². The molecule has 1 aliphatic rings. The maximum Gasteiger partial charge on any atom is 0.119 e. The highest BCUT2D eigenvalue weighted by Crippen LogP contribution is 2.33. The highest BCUT2D eigenvalue weighted by Gasteiger charge is 2.24. The van der Waals surface area contributed by atoms with Gasteiger partial charge in [-0.1, -0.05) is 6.07 Å². The lowest BCUT2D eigenvalue weighted by Gasteiger charge is -2.33.